The maximum Gasteiger partial charge on any atom is 0.312 e. The van der Waals surface area contributed by atoms with E-state index in [2.05, 4.69) is 5.32 Å². The predicted molar refractivity (Wildman–Crippen MR) is 73.1 cm³/mol. The van der Waals surface area contributed by atoms with Crippen molar-refractivity contribution in [2.75, 3.05) is 13.1 Å². The van der Waals surface area contributed by atoms with Gasteiger partial charge in [0.15, 0.2) is 0 Å². The Hall–Kier alpha value is -1.39. The Balaban J connectivity index is 1.90. The fourth-order valence-electron chi connectivity index (χ4n) is 2.69. The summed E-state index contributed by atoms with van der Waals surface area (Å²) in [4.78, 5) is 11.3. The Bertz CT molecular complexity index is 413. The number of carboxylic acids is 1. The minimum atomic E-state index is -0.836. The lowest BCUT2D eigenvalue weighted by Gasteiger charge is -2.23. The molecule has 0 radical (unpaired) electrons. The van der Waals surface area contributed by atoms with Gasteiger partial charge in [0.05, 0.1) is 11.5 Å². The third-order valence-electron chi connectivity index (χ3n) is 3.84. The van der Waals surface area contributed by atoms with Crippen LogP contribution in [0.4, 0.5) is 0 Å². The van der Waals surface area contributed by atoms with E-state index in [0.29, 0.717) is 13.1 Å². The molecular formula is C15H21NO3. The number of benzene rings is 1. The second kappa shape index (κ2) is 6.17. The van der Waals surface area contributed by atoms with Gasteiger partial charge in [0.25, 0.3) is 0 Å². The molecule has 2 rings (SSSR count). The summed E-state index contributed by atoms with van der Waals surface area (Å²) in [6.45, 7) is 0.825. The van der Waals surface area contributed by atoms with E-state index in [0.717, 1.165) is 31.2 Å². The summed E-state index contributed by atoms with van der Waals surface area (Å²) >= 11 is 0. The van der Waals surface area contributed by atoms with Crippen molar-refractivity contribution in [1.29, 1.82) is 0 Å². The minimum absolute atomic E-state index is 0.349. The van der Waals surface area contributed by atoms with Gasteiger partial charge in [-0.3, -0.25) is 4.79 Å². The maximum absolute atomic E-state index is 11.3. The van der Waals surface area contributed by atoms with Gasteiger partial charge in [0.1, 0.15) is 0 Å². The molecule has 0 spiro atoms. The minimum Gasteiger partial charge on any atom is -0.481 e. The number of aliphatic hydroxyl groups is 1. The highest BCUT2D eigenvalue weighted by Crippen LogP contribution is 2.28. The zero-order valence-electron chi connectivity index (χ0n) is 11.0. The Morgan fingerprint density at radius 3 is 2.47 bits per heavy atom. The largest absolute Gasteiger partial charge is 0.481 e. The third-order valence-corrected chi connectivity index (χ3v) is 3.84. The maximum atomic E-state index is 11.3. The van der Waals surface area contributed by atoms with Gasteiger partial charge in [0, 0.05) is 13.1 Å². The quantitative estimate of drug-likeness (QED) is 0.731. The Labute approximate surface area is 113 Å². The zero-order valence-corrected chi connectivity index (χ0v) is 11.0. The molecule has 0 aromatic heterocycles. The molecule has 0 saturated heterocycles. The number of carboxylic acid groups (broad SMARTS) is 1. The van der Waals surface area contributed by atoms with Crippen LogP contribution in [-0.4, -0.2) is 34.9 Å². The number of carbonyl (C=O) groups is 1. The smallest absolute Gasteiger partial charge is 0.312 e. The predicted octanol–water partition coefficient (Wildman–Crippen LogP) is 1.75. The molecule has 104 valence electrons. The van der Waals surface area contributed by atoms with E-state index >= 15 is 0 Å². The number of nitrogens with one attached hydrogen (secondary N) is 1. The van der Waals surface area contributed by atoms with E-state index < -0.39 is 17.5 Å². The van der Waals surface area contributed by atoms with Crippen LogP contribution in [0.15, 0.2) is 30.3 Å². The van der Waals surface area contributed by atoms with E-state index in [1.165, 1.54) is 0 Å². The van der Waals surface area contributed by atoms with Gasteiger partial charge in [-0.05, 0) is 18.4 Å². The van der Waals surface area contributed by atoms with Gasteiger partial charge in [0.2, 0.25) is 0 Å². The first kappa shape index (κ1) is 14.0. The third kappa shape index (κ3) is 3.78. The highest BCUT2D eigenvalue weighted by Gasteiger charge is 2.31. The van der Waals surface area contributed by atoms with Gasteiger partial charge >= 0.3 is 5.97 Å². The van der Waals surface area contributed by atoms with Gasteiger partial charge in [-0.1, -0.05) is 43.2 Å². The number of aliphatic carboxylic acids is 1. The van der Waals surface area contributed by atoms with Crippen molar-refractivity contribution < 1.29 is 15.0 Å². The molecule has 0 heterocycles. The van der Waals surface area contributed by atoms with Gasteiger partial charge in [-0.25, -0.2) is 0 Å². The molecular weight excluding hydrogens is 242 g/mol. The van der Waals surface area contributed by atoms with Crippen molar-refractivity contribution in [3.05, 3.63) is 35.9 Å². The van der Waals surface area contributed by atoms with Crippen molar-refractivity contribution in [1.82, 2.24) is 5.32 Å². The summed E-state index contributed by atoms with van der Waals surface area (Å²) in [7, 11) is 0. The molecule has 1 aliphatic carbocycles. The monoisotopic (exact) mass is 263 g/mol. The standard InChI is InChI=1S/C15H21NO3/c17-14(18)13(12-6-2-1-3-7-12)10-16-11-15(19)8-4-5-9-15/h1-3,6-7,13,16,19H,4-5,8-11H2,(H,17,18). The fourth-order valence-corrected chi connectivity index (χ4v) is 2.69. The summed E-state index contributed by atoms with van der Waals surface area (Å²) in [6.07, 6.45) is 3.73. The molecule has 1 aromatic rings. The molecule has 19 heavy (non-hydrogen) atoms. The number of hydrogen-bond donors (Lipinski definition) is 3. The van der Waals surface area contributed by atoms with E-state index in [-0.39, 0.29) is 0 Å². The van der Waals surface area contributed by atoms with Crippen LogP contribution >= 0.6 is 0 Å². The molecule has 1 atom stereocenters. The molecule has 3 N–H and O–H groups in total. The molecule has 0 bridgehead atoms. The van der Waals surface area contributed by atoms with Crippen LogP contribution in [0.2, 0.25) is 0 Å². The Morgan fingerprint density at radius 2 is 1.89 bits per heavy atom. The second-order valence-electron chi connectivity index (χ2n) is 5.36. The molecule has 4 heteroatoms. The van der Waals surface area contributed by atoms with Crippen LogP contribution < -0.4 is 5.32 Å². The van der Waals surface area contributed by atoms with Crippen LogP contribution in [0.1, 0.15) is 37.2 Å². The average molecular weight is 263 g/mol. The van der Waals surface area contributed by atoms with E-state index in [9.17, 15) is 15.0 Å². The first-order chi connectivity index (χ1) is 9.11. The molecule has 1 saturated carbocycles. The SMILES string of the molecule is O=C(O)C(CNCC1(O)CCCC1)c1ccccc1. The van der Waals surface area contributed by atoms with Crippen molar-refractivity contribution in [2.45, 2.75) is 37.2 Å². The van der Waals surface area contributed by atoms with Crippen molar-refractivity contribution in [2.24, 2.45) is 0 Å². The second-order valence-corrected chi connectivity index (χ2v) is 5.36. The summed E-state index contributed by atoms with van der Waals surface area (Å²) < 4.78 is 0. The number of hydrogen-bond acceptors (Lipinski definition) is 3. The average Bonchev–Trinajstić information content (AvgIpc) is 2.82. The summed E-state index contributed by atoms with van der Waals surface area (Å²) in [5.41, 5.74) is 0.153. The Kier molecular flexibility index (Phi) is 4.56. The summed E-state index contributed by atoms with van der Waals surface area (Å²) in [5.74, 6) is -1.40. The fraction of sp³-hybridized carbons (Fsp3) is 0.533. The number of rotatable bonds is 6. The van der Waals surface area contributed by atoms with Crippen molar-refractivity contribution in [3.63, 3.8) is 0 Å². The molecule has 1 aromatic carbocycles. The van der Waals surface area contributed by atoms with E-state index in [4.69, 9.17) is 0 Å². The lowest BCUT2D eigenvalue weighted by molar-refractivity contribution is -0.138. The highest BCUT2D eigenvalue weighted by atomic mass is 16.4. The van der Waals surface area contributed by atoms with Gasteiger partial charge in [-0.15, -0.1) is 0 Å². The van der Waals surface area contributed by atoms with E-state index in [1.54, 1.807) is 0 Å². The van der Waals surface area contributed by atoms with Crippen LogP contribution in [-0.2, 0) is 4.79 Å². The van der Waals surface area contributed by atoms with Crippen LogP contribution in [0.25, 0.3) is 0 Å². The zero-order chi connectivity index (χ0) is 13.7. The van der Waals surface area contributed by atoms with Gasteiger partial charge < -0.3 is 15.5 Å². The molecule has 1 fully saturated rings. The lowest BCUT2D eigenvalue weighted by atomic mass is 9.98. The van der Waals surface area contributed by atoms with E-state index in [1.807, 2.05) is 30.3 Å². The topological polar surface area (TPSA) is 69.6 Å². The summed E-state index contributed by atoms with van der Waals surface area (Å²) in [5, 5.41) is 22.6. The van der Waals surface area contributed by atoms with Crippen LogP contribution in [0.3, 0.4) is 0 Å². The van der Waals surface area contributed by atoms with Crippen LogP contribution in [0.5, 0.6) is 0 Å². The van der Waals surface area contributed by atoms with Crippen molar-refractivity contribution >= 4 is 5.97 Å². The van der Waals surface area contributed by atoms with Gasteiger partial charge in [-0.2, -0.15) is 0 Å². The molecule has 1 aliphatic rings. The highest BCUT2D eigenvalue weighted by molar-refractivity contribution is 5.76. The Morgan fingerprint density at radius 1 is 1.26 bits per heavy atom. The van der Waals surface area contributed by atoms with Crippen molar-refractivity contribution in [3.8, 4) is 0 Å². The lowest BCUT2D eigenvalue weighted by Crippen LogP contribution is -2.40. The first-order valence-corrected chi connectivity index (χ1v) is 6.82. The van der Waals surface area contributed by atoms with Crippen LogP contribution in [0, 0.1) is 0 Å². The summed E-state index contributed by atoms with van der Waals surface area (Å²) in [6, 6.07) is 9.21. The normalized spacial score (nSPS) is 19.2. The first-order valence-electron chi connectivity index (χ1n) is 6.82. The molecule has 1 unspecified atom stereocenters. The molecule has 0 amide bonds. The molecule has 0 aliphatic heterocycles. The molecule has 4 nitrogen and oxygen atoms in total.